The fourth-order valence-electron chi connectivity index (χ4n) is 4.33. The number of allylic oxidation sites excluding steroid dienone is 1. The smallest absolute Gasteiger partial charge is 0.123 e. The van der Waals surface area contributed by atoms with E-state index in [2.05, 4.69) is 59.4 Å². The molecule has 3 aliphatic rings. The molecule has 1 fully saturated rings. The van der Waals surface area contributed by atoms with Crippen molar-refractivity contribution >= 4 is 5.70 Å². The highest BCUT2D eigenvalue weighted by Gasteiger charge is 2.40. The van der Waals surface area contributed by atoms with Crippen molar-refractivity contribution in [3.63, 3.8) is 0 Å². The number of nitrogens with zero attached hydrogens (tertiary/aromatic N) is 1. The van der Waals surface area contributed by atoms with Crippen LogP contribution in [0.1, 0.15) is 32.3 Å². The normalized spacial score (nSPS) is 28.9. The van der Waals surface area contributed by atoms with E-state index in [1.165, 1.54) is 23.3 Å². The molecule has 1 aromatic carbocycles. The zero-order chi connectivity index (χ0) is 19.7. The summed E-state index contributed by atoms with van der Waals surface area (Å²) in [7, 11) is 2.18. The summed E-state index contributed by atoms with van der Waals surface area (Å²) in [6.45, 7) is 6.54. The summed E-state index contributed by atoms with van der Waals surface area (Å²) in [6.07, 6.45) is 8.60. The molecule has 28 heavy (non-hydrogen) atoms. The number of rotatable bonds is 4. The second kappa shape index (κ2) is 7.70. The number of likely N-dealkylation sites (tertiary alicyclic amines) is 1. The Morgan fingerprint density at radius 1 is 1.18 bits per heavy atom. The highest BCUT2D eigenvalue weighted by atomic mass is 19.1. The Bertz CT molecular complexity index is 805. The van der Waals surface area contributed by atoms with E-state index in [4.69, 9.17) is 0 Å². The predicted octanol–water partition coefficient (Wildman–Crippen LogP) is 2.48. The standard InChI is InChI=1S/C22H30FN5/c1-15-14-17(8-11-24-15)20-21(16-4-6-18(23)7-5-16)26-27-22(20,2)25-19-9-12-28(3)13-10-19/h4-8,11,14-15,19,24-27H,9-10,12-13H2,1-3H3. The molecule has 1 aromatic rings. The SMILES string of the molecule is CC1C=C(C2=C(c3ccc(F)cc3)NNC2(C)NC2CCN(C)CC2)C=CN1. The molecule has 150 valence electrons. The maximum absolute atomic E-state index is 13.5. The van der Waals surface area contributed by atoms with Crippen LogP contribution in [0.5, 0.6) is 0 Å². The number of hydrogen-bond donors (Lipinski definition) is 4. The number of hydrogen-bond acceptors (Lipinski definition) is 5. The second-order valence-electron chi connectivity index (χ2n) is 8.26. The predicted molar refractivity (Wildman–Crippen MR) is 111 cm³/mol. The molecule has 4 rings (SSSR count). The zero-order valence-electron chi connectivity index (χ0n) is 16.8. The van der Waals surface area contributed by atoms with E-state index < -0.39 is 5.66 Å². The lowest BCUT2D eigenvalue weighted by molar-refractivity contribution is 0.198. The van der Waals surface area contributed by atoms with Crippen LogP contribution >= 0.6 is 0 Å². The summed E-state index contributed by atoms with van der Waals surface area (Å²) in [5.74, 6) is -0.223. The Hall–Kier alpha value is -2.15. The molecule has 0 saturated carbocycles. The molecule has 0 amide bonds. The van der Waals surface area contributed by atoms with Crippen LogP contribution in [0.2, 0.25) is 0 Å². The maximum Gasteiger partial charge on any atom is 0.123 e. The van der Waals surface area contributed by atoms with Gasteiger partial charge in [-0.15, -0.1) is 0 Å². The first-order valence-corrected chi connectivity index (χ1v) is 10.1. The lowest BCUT2D eigenvalue weighted by Gasteiger charge is -2.38. The molecule has 0 spiro atoms. The Morgan fingerprint density at radius 3 is 2.57 bits per heavy atom. The van der Waals surface area contributed by atoms with Crippen LogP contribution in [0.25, 0.3) is 5.70 Å². The van der Waals surface area contributed by atoms with E-state index in [0.29, 0.717) is 6.04 Å². The number of hydrazine groups is 1. The van der Waals surface area contributed by atoms with Crippen LogP contribution < -0.4 is 21.5 Å². The maximum atomic E-state index is 13.5. The number of piperidine rings is 1. The third kappa shape index (κ3) is 3.85. The van der Waals surface area contributed by atoms with Crippen LogP contribution in [0.3, 0.4) is 0 Å². The summed E-state index contributed by atoms with van der Waals surface area (Å²) in [6, 6.07) is 7.38. The Balaban J connectivity index is 1.71. The summed E-state index contributed by atoms with van der Waals surface area (Å²) in [5.41, 5.74) is 10.7. The van der Waals surface area contributed by atoms with E-state index in [1.54, 1.807) is 0 Å². The first-order chi connectivity index (χ1) is 13.4. The van der Waals surface area contributed by atoms with Crippen LogP contribution in [-0.4, -0.2) is 42.8 Å². The highest BCUT2D eigenvalue weighted by molar-refractivity contribution is 5.77. The number of nitrogens with one attached hydrogen (secondary N) is 4. The Kier molecular flexibility index (Phi) is 5.27. The minimum absolute atomic E-state index is 0.223. The van der Waals surface area contributed by atoms with Crippen molar-refractivity contribution in [1.29, 1.82) is 0 Å². The third-order valence-electron chi connectivity index (χ3n) is 5.87. The quantitative estimate of drug-likeness (QED) is 0.644. The van der Waals surface area contributed by atoms with Gasteiger partial charge in [0.05, 0.1) is 5.70 Å². The fraction of sp³-hybridized carbons (Fsp3) is 0.455. The minimum atomic E-state index is -0.419. The van der Waals surface area contributed by atoms with Gasteiger partial charge < -0.3 is 15.6 Å². The topological polar surface area (TPSA) is 51.4 Å². The number of benzene rings is 1. The third-order valence-corrected chi connectivity index (χ3v) is 5.87. The van der Waals surface area contributed by atoms with Crippen molar-refractivity contribution < 1.29 is 4.39 Å². The Labute approximate surface area is 166 Å². The summed E-state index contributed by atoms with van der Waals surface area (Å²) < 4.78 is 13.5. The molecule has 3 heterocycles. The van der Waals surface area contributed by atoms with Gasteiger partial charge in [-0.1, -0.05) is 6.08 Å². The second-order valence-corrected chi connectivity index (χ2v) is 8.26. The summed E-state index contributed by atoms with van der Waals surface area (Å²) in [4.78, 5) is 2.38. The molecular weight excluding hydrogens is 353 g/mol. The van der Waals surface area contributed by atoms with Crippen LogP contribution in [0.15, 0.2) is 53.8 Å². The highest BCUT2D eigenvalue weighted by Crippen LogP contribution is 2.35. The largest absolute Gasteiger partial charge is 0.385 e. The minimum Gasteiger partial charge on any atom is -0.385 e. The molecule has 1 saturated heterocycles. The molecule has 4 N–H and O–H groups in total. The van der Waals surface area contributed by atoms with E-state index >= 15 is 0 Å². The zero-order valence-corrected chi connectivity index (χ0v) is 16.8. The Morgan fingerprint density at radius 2 is 1.89 bits per heavy atom. The van der Waals surface area contributed by atoms with Crippen molar-refractivity contribution in [2.75, 3.05) is 20.1 Å². The molecule has 5 nitrogen and oxygen atoms in total. The van der Waals surface area contributed by atoms with Gasteiger partial charge in [-0.25, -0.2) is 9.82 Å². The molecule has 0 aromatic heterocycles. The van der Waals surface area contributed by atoms with Crippen molar-refractivity contribution in [1.82, 2.24) is 26.4 Å². The number of dihydropyridines is 1. The molecule has 2 unspecified atom stereocenters. The summed E-state index contributed by atoms with van der Waals surface area (Å²) in [5, 5.41) is 7.18. The van der Waals surface area contributed by atoms with E-state index in [9.17, 15) is 4.39 Å². The van der Waals surface area contributed by atoms with Gasteiger partial charge in [-0.3, -0.25) is 5.32 Å². The van der Waals surface area contributed by atoms with Gasteiger partial charge in [0.25, 0.3) is 0 Å². The van der Waals surface area contributed by atoms with Crippen LogP contribution in [0, 0.1) is 5.82 Å². The first kappa shape index (κ1) is 19.2. The lowest BCUT2D eigenvalue weighted by atomic mass is 9.88. The molecule has 0 aliphatic carbocycles. The summed E-state index contributed by atoms with van der Waals surface area (Å²) >= 11 is 0. The van der Waals surface area contributed by atoms with E-state index in [1.807, 2.05) is 18.3 Å². The van der Waals surface area contributed by atoms with Crippen molar-refractivity contribution in [2.24, 2.45) is 0 Å². The van der Waals surface area contributed by atoms with Gasteiger partial charge in [0.1, 0.15) is 11.5 Å². The van der Waals surface area contributed by atoms with E-state index in [0.717, 1.165) is 37.2 Å². The molecule has 0 radical (unpaired) electrons. The monoisotopic (exact) mass is 383 g/mol. The average molecular weight is 384 g/mol. The van der Waals surface area contributed by atoms with E-state index in [-0.39, 0.29) is 11.9 Å². The van der Waals surface area contributed by atoms with Crippen molar-refractivity contribution in [3.8, 4) is 0 Å². The van der Waals surface area contributed by atoms with Crippen LogP contribution in [-0.2, 0) is 0 Å². The van der Waals surface area contributed by atoms with Gasteiger partial charge >= 0.3 is 0 Å². The molecule has 2 atom stereocenters. The first-order valence-electron chi connectivity index (χ1n) is 10.1. The average Bonchev–Trinajstić information content (AvgIpc) is 3.01. The molecule has 0 bridgehead atoms. The van der Waals surface area contributed by atoms with Gasteiger partial charge in [0.2, 0.25) is 0 Å². The molecule has 6 heteroatoms. The van der Waals surface area contributed by atoms with Gasteiger partial charge in [-0.05, 0) is 94.5 Å². The molecular formula is C22H30FN5. The fourth-order valence-corrected chi connectivity index (χ4v) is 4.33. The lowest BCUT2D eigenvalue weighted by Crippen LogP contribution is -2.60. The van der Waals surface area contributed by atoms with Crippen LogP contribution in [0.4, 0.5) is 4.39 Å². The van der Waals surface area contributed by atoms with Gasteiger partial charge in [-0.2, -0.15) is 0 Å². The van der Waals surface area contributed by atoms with Gasteiger partial charge in [0.15, 0.2) is 0 Å². The van der Waals surface area contributed by atoms with Crippen molar-refractivity contribution in [2.45, 2.75) is 44.4 Å². The number of halogens is 1. The molecule has 3 aliphatic heterocycles. The van der Waals surface area contributed by atoms with Gasteiger partial charge in [0, 0.05) is 17.7 Å². The van der Waals surface area contributed by atoms with Crippen molar-refractivity contribution in [3.05, 3.63) is 65.1 Å².